The summed E-state index contributed by atoms with van der Waals surface area (Å²) in [6.45, 7) is 0.0718. The zero-order valence-corrected chi connectivity index (χ0v) is 5.04. The molecule has 0 rings (SSSR count). The molecule has 0 aromatic heterocycles. The Hall–Kier alpha value is -0.610. The van der Waals surface area contributed by atoms with E-state index in [1.165, 1.54) is 0 Å². The highest BCUT2D eigenvalue weighted by Crippen LogP contribution is 1.79. The maximum absolute atomic E-state index is 9.77. The normalized spacial score (nSPS) is 7.73. The SMILES string of the molecule is C.C.O=C(O)COCCCO. The zero-order valence-electron chi connectivity index (χ0n) is 5.04. The minimum atomic E-state index is -0.979. The second-order valence-corrected chi connectivity index (χ2v) is 1.52. The number of aliphatic hydroxyl groups excluding tert-OH is 1. The molecule has 0 heterocycles. The fraction of sp³-hybridized carbons (Fsp3) is 0.857. The van der Waals surface area contributed by atoms with E-state index in [4.69, 9.17) is 10.2 Å². The molecule has 4 nitrogen and oxygen atoms in total. The number of ether oxygens (including phenoxy) is 1. The van der Waals surface area contributed by atoms with Crippen LogP contribution in [0.15, 0.2) is 0 Å². The van der Waals surface area contributed by atoms with Crippen molar-refractivity contribution in [1.82, 2.24) is 0 Å². The summed E-state index contributed by atoms with van der Waals surface area (Å²) in [5, 5.41) is 16.2. The molecule has 4 heteroatoms. The van der Waals surface area contributed by atoms with Crippen LogP contribution in [0.1, 0.15) is 21.3 Å². The Kier molecular flexibility index (Phi) is 18.5. The minimum Gasteiger partial charge on any atom is -0.480 e. The molecule has 0 aliphatic carbocycles. The van der Waals surface area contributed by atoms with Gasteiger partial charge < -0.3 is 14.9 Å². The van der Waals surface area contributed by atoms with Crippen LogP contribution in [0.5, 0.6) is 0 Å². The Labute approximate surface area is 67.8 Å². The van der Waals surface area contributed by atoms with Crippen LogP contribution < -0.4 is 0 Å². The van der Waals surface area contributed by atoms with Crippen molar-refractivity contribution in [2.45, 2.75) is 21.3 Å². The van der Waals surface area contributed by atoms with Crippen LogP contribution in [-0.4, -0.2) is 36.0 Å². The van der Waals surface area contributed by atoms with Gasteiger partial charge in [0, 0.05) is 13.2 Å². The molecule has 0 aromatic carbocycles. The average molecular weight is 166 g/mol. The third-order valence-electron chi connectivity index (χ3n) is 0.672. The van der Waals surface area contributed by atoms with Crippen molar-refractivity contribution in [1.29, 1.82) is 0 Å². The molecule has 0 aliphatic heterocycles. The van der Waals surface area contributed by atoms with Gasteiger partial charge in [0.25, 0.3) is 0 Å². The molecular formula is C7H18O4. The molecule has 0 aromatic rings. The maximum Gasteiger partial charge on any atom is 0.329 e. The van der Waals surface area contributed by atoms with E-state index in [0.717, 1.165) is 0 Å². The number of carboxylic acid groups (broad SMARTS) is 1. The molecule has 0 saturated heterocycles. The summed E-state index contributed by atoms with van der Waals surface area (Å²) in [5.74, 6) is -0.979. The van der Waals surface area contributed by atoms with Crippen molar-refractivity contribution in [2.75, 3.05) is 19.8 Å². The third kappa shape index (κ3) is 17.7. The predicted octanol–water partition coefficient (Wildman–Crippen LogP) is 0.742. The van der Waals surface area contributed by atoms with Gasteiger partial charge in [0.05, 0.1) is 0 Å². The first-order valence-corrected chi connectivity index (χ1v) is 2.67. The van der Waals surface area contributed by atoms with Gasteiger partial charge in [-0.05, 0) is 6.42 Å². The first-order valence-electron chi connectivity index (χ1n) is 2.67. The Morgan fingerprint density at radius 1 is 1.36 bits per heavy atom. The fourth-order valence-corrected chi connectivity index (χ4v) is 0.326. The molecule has 0 atom stereocenters. The molecule has 0 fully saturated rings. The highest BCUT2D eigenvalue weighted by atomic mass is 16.5. The first kappa shape index (κ1) is 16.8. The van der Waals surface area contributed by atoms with Crippen LogP contribution in [0, 0.1) is 0 Å². The summed E-state index contributed by atoms with van der Waals surface area (Å²) in [7, 11) is 0. The number of aliphatic carboxylic acids is 1. The number of carboxylic acids is 1. The van der Waals surface area contributed by atoms with Gasteiger partial charge in [0.15, 0.2) is 0 Å². The number of hydrogen-bond acceptors (Lipinski definition) is 3. The van der Waals surface area contributed by atoms with E-state index in [9.17, 15) is 4.79 Å². The van der Waals surface area contributed by atoms with Gasteiger partial charge in [-0.25, -0.2) is 4.79 Å². The summed E-state index contributed by atoms with van der Waals surface area (Å²) in [5.41, 5.74) is 0. The third-order valence-corrected chi connectivity index (χ3v) is 0.672. The Balaban J connectivity index is -0.000000320. The van der Waals surface area contributed by atoms with Crippen molar-refractivity contribution in [3.63, 3.8) is 0 Å². The van der Waals surface area contributed by atoms with E-state index >= 15 is 0 Å². The molecule has 0 spiro atoms. The Morgan fingerprint density at radius 2 is 1.91 bits per heavy atom. The molecule has 70 valence electrons. The Bertz CT molecular complexity index is 82.5. The van der Waals surface area contributed by atoms with E-state index in [-0.39, 0.29) is 28.1 Å². The lowest BCUT2D eigenvalue weighted by Gasteiger charge is -1.96. The molecule has 11 heavy (non-hydrogen) atoms. The molecule has 2 N–H and O–H groups in total. The van der Waals surface area contributed by atoms with Crippen LogP contribution in [0.25, 0.3) is 0 Å². The van der Waals surface area contributed by atoms with E-state index in [2.05, 4.69) is 4.74 Å². The van der Waals surface area contributed by atoms with Crippen molar-refractivity contribution in [3.05, 3.63) is 0 Å². The van der Waals surface area contributed by atoms with Crippen molar-refractivity contribution in [3.8, 4) is 0 Å². The van der Waals surface area contributed by atoms with Crippen molar-refractivity contribution >= 4 is 5.97 Å². The second-order valence-electron chi connectivity index (χ2n) is 1.52. The summed E-state index contributed by atoms with van der Waals surface area (Å²) in [6, 6.07) is 0. The van der Waals surface area contributed by atoms with E-state index < -0.39 is 5.97 Å². The highest BCUT2D eigenvalue weighted by molar-refractivity contribution is 5.67. The molecule has 0 bridgehead atoms. The molecule has 0 saturated carbocycles. The number of hydrogen-bond donors (Lipinski definition) is 2. The standard InChI is InChI=1S/C5H10O4.2CH4/c6-2-1-3-9-4-5(7)8;;/h6H,1-4H2,(H,7,8);2*1H4. The van der Waals surface area contributed by atoms with Crippen LogP contribution >= 0.6 is 0 Å². The zero-order chi connectivity index (χ0) is 7.11. The quantitative estimate of drug-likeness (QED) is 0.591. The Morgan fingerprint density at radius 3 is 2.27 bits per heavy atom. The largest absolute Gasteiger partial charge is 0.480 e. The fourth-order valence-electron chi connectivity index (χ4n) is 0.326. The highest BCUT2D eigenvalue weighted by Gasteiger charge is 1.93. The summed E-state index contributed by atoms with van der Waals surface area (Å²) in [4.78, 5) is 9.77. The lowest BCUT2D eigenvalue weighted by atomic mass is 10.5. The molecule has 0 radical (unpaired) electrons. The second kappa shape index (κ2) is 12.1. The summed E-state index contributed by atoms with van der Waals surface area (Å²) >= 11 is 0. The van der Waals surface area contributed by atoms with Gasteiger partial charge >= 0.3 is 5.97 Å². The molecule has 0 unspecified atom stereocenters. The predicted molar refractivity (Wildman–Crippen MR) is 43.6 cm³/mol. The lowest BCUT2D eigenvalue weighted by Crippen LogP contribution is -2.08. The summed E-state index contributed by atoms with van der Waals surface area (Å²) in [6.07, 6.45) is 0.493. The van der Waals surface area contributed by atoms with E-state index in [1.54, 1.807) is 0 Å². The van der Waals surface area contributed by atoms with Crippen LogP contribution in [0.2, 0.25) is 0 Å². The average Bonchev–Trinajstić information content (AvgIpc) is 1.80. The number of aliphatic hydroxyl groups is 1. The van der Waals surface area contributed by atoms with Crippen LogP contribution in [0.4, 0.5) is 0 Å². The topological polar surface area (TPSA) is 66.8 Å². The number of rotatable bonds is 5. The van der Waals surface area contributed by atoms with Gasteiger partial charge in [-0.2, -0.15) is 0 Å². The van der Waals surface area contributed by atoms with Gasteiger partial charge in [-0.1, -0.05) is 14.9 Å². The lowest BCUT2D eigenvalue weighted by molar-refractivity contribution is -0.142. The van der Waals surface area contributed by atoms with Crippen LogP contribution in [0.3, 0.4) is 0 Å². The van der Waals surface area contributed by atoms with Crippen LogP contribution in [-0.2, 0) is 9.53 Å². The maximum atomic E-state index is 9.77. The monoisotopic (exact) mass is 166 g/mol. The van der Waals surface area contributed by atoms with E-state index in [0.29, 0.717) is 13.0 Å². The molecular weight excluding hydrogens is 148 g/mol. The molecule has 0 amide bonds. The van der Waals surface area contributed by atoms with Crippen molar-refractivity contribution < 1.29 is 19.7 Å². The van der Waals surface area contributed by atoms with Gasteiger partial charge in [0.2, 0.25) is 0 Å². The van der Waals surface area contributed by atoms with Gasteiger partial charge in [-0.3, -0.25) is 0 Å². The number of carbonyl (C=O) groups is 1. The van der Waals surface area contributed by atoms with Gasteiger partial charge in [-0.15, -0.1) is 0 Å². The first-order chi connectivity index (χ1) is 4.27. The van der Waals surface area contributed by atoms with Crippen molar-refractivity contribution in [2.24, 2.45) is 0 Å². The minimum absolute atomic E-state index is 0. The smallest absolute Gasteiger partial charge is 0.329 e. The summed E-state index contributed by atoms with van der Waals surface area (Å²) < 4.78 is 4.58. The van der Waals surface area contributed by atoms with Gasteiger partial charge in [0.1, 0.15) is 6.61 Å². The van der Waals surface area contributed by atoms with E-state index in [1.807, 2.05) is 0 Å². The molecule has 0 aliphatic rings.